The van der Waals surface area contributed by atoms with Gasteiger partial charge in [0.1, 0.15) is 24.8 Å². The molecule has 0 saturated carbocycles. The van der Waals surface area contributed by atoms with E-state index in [-0.39, 0.29) is 12.4 Å². The minimum absolute atomic E-state index is 0.148. The Labute approximate surface area is 133 Å². The van der Waals surface area contributed by atoms with Crippen LogP contribution in [0.15, 0.2) is 24.3 Å². The molecule has 0 fully saturated rings. The molecule has 6 nitrogen and oxygen atoms in total. The van der Waals surface area contributed by atoms with Crippen LogP contribution in [0.2, 0.25) is 0 Å². The highest BCUT2D eigenvalue weighted by molar-refractivity contribution is 7.71. The van der Waals surface area contributed by atoms with E-state index in [9.17, 15) is 9.50 Å². The number of hydrogen-bond donors (Lipinski definition) is 1. The first kappa shape index (κ1) is 16.6. The van der Waals surface area contributed by atoms with E-state index in [1.165, 1.54) is 12.1 Å². The first-order chi connectivity index (χ1) is 10.5. The second-order valence-corrected chi connectivity index (χ2v) is 5.30. The molecule has 0 atom stereocenters. The minimum Gasteiger partial charge on any atom is -0.492 e. The zero-order chi connectivity index (χ0) is 16.1. The molecule has 22 heavy (non-hydrogen) atoms. The van der Waals surface area contributed by atoms with Crippen LogP contribution in [0.1, 0.15) is 5.82 Å². The van der Waals surface area contributed by atoms with Gasteiger partial charge < -0.3 is 14.4 Å². The number of rotatable bonds is 7. The van der Waals surface area contributed by atoms with Gasteiger partial charge in [-0.1, -0.05) is 0 Å². The molecular formula is C14H19FN4O2S. The predicted molar refractivity (Wildman–Crippen MR) is 82.5 cm³/mol. The number of aromatic nitrogens is 3. The fourth-order valence-corrected chi connectivity index (χ4v) is 2.12. The van der Waals surface area contributed by atoms with Crippen LogP contribution >= 0.6 is 12.2 Å². The number of likely N-dealkylation sites (N-methyl/N-ethyl adjacent to an activating group) is 1. The molecule has 0 saturated heterocycles. The van der Waals surface area contributed by atoms with Crippen molar-refractivity contribution in [1.82, 2.24) is 19.2 Å². The SMILES string of the molecule is CN(CCOc1ccc(F)cc1)Cn1nc(CO)n(C)c1=S. The van der Waals surface area contributed by atoms with Crippen LogP contribution in [0.4, 0.5) is 4.39 Å². The van der Waals surface area contributed by atoms with Crippen molar-refractivity contribution in [2.75, 3.05) is 20.2 Å². The maximum atomic E-state index is 12.8. The standard InChI is InChI=1S/C14H19FN4O2S/c1-17(7-8-21-12-5-3-11(15)4-6-12)10-19-14(22)18(2)13(9-20)16-19/h3-6,20H,7-10H2,1-2H3. The molecule has 1 heterocycles. The molecular weight excluding hydrogens is 307 g/mol. The topological polar surface area (TPSA) is 55.4 Å². The van der Waals surface area contributed by atoms with E-state index in [2.05, 4.69) is 5.10 Å². The number of nitrogens with zero attached hydrogens (tertiary/aromatic N) is 4. The molecule has 2 aromatic rings. The lowest BCUT2D eigenvalue weighted by molar-refractivity contribution is 0.196. The number of halogens is 1. The number of hydrogen-bond acceptors (Lipinski definition) is 5. The van der Waals surface area contributed by atoms with Gasteiger partial charge in [0.25, 0.3) is 0 Å². The maximum absolute atomic E-state index is 12.8. The molecule has 0 amide bonds. The number of benzene rings is 1. The van der Waals surface area contributed by atoms with E-state index >= 15 is 0 Å². The third-order valence-corrected chi connectivity index (χ3v) is 3.69. The molecule has 0 aliphatic carbocycles. The first-order valence-corrected chi connectivity index (χ1v) is 7.22. The summed E-state index contributed by atoms with van der Waals surface area (Å²) in [5.74, 6) is 0.876. The zero-order valence-corrected chi connectivity index (χ0v) is 13.4. The van der Waals surface area contributed by atoms with Gasteiger partial charge in [0.2, 0.25) is 0 Å². The molecule has 2 rings (SSSR count). The second kappa shape index (κ2) is 7.48. The van der Waals surface area contributed by atoms with Gasteiger partial charge in [0.05, 0.1) is 6.67 Å². The normalized spacial score (nSPS) is 11.1. The highest BCUT2D eigenvalue weighted by Gasteiger charge is 2.08. The van der Waals surface area contributed by atoms with Gasteiger partial charge in [-0.15, -0.1) is 0 Å². The van der Waals surface area contributed by atoms with E-state index in [1.54, 1.807) is 28.4 Å². The Bertz CT molecular complexity index is 668. The molecule has 0 unspecified atom stereocenters. The Morgan fingerprint density at radius 1 is 1.36 bits per heavy atom. The van der Waals surface area contributed by atoms with Gasteiger partial charge in [0, 0.05) is 13.6 Å². The number of ether oxygens (including phenoxy) is 1. The predicted octanol–water partition coefficient (Wildman–Crippen LogP) is 1.55. The summed E-state index contributed by atoms with van der Waals surface area (Å²) in [5, 5.41) is 13.4. The molecule has 0 spiro atoms. The Morgan fingerprint density at radius 3 is 2.64 bits per heavy atom. The Hall–Kier alpha value is -1.77. The summed E-state index contributed by atoms with van der Waals surface area (Å²) in [6.07, 6.45) is 0. The van der Waals surface area contributed by atoms with Crippen LogP contribution in [0, 0.1) is 10.6 Å². The second-order valence-electron chi connectivity index (χ2n) is 4.94. The number of aliphatic hydroxyl groups is 1. The molecule has 1 aromatic carbocycles. The molecule has 1 aromatic heterocycles. The third kappa shape index (κ3) is 4.12. The summed E-state index contributed by atoms with van der Waals surface area (Å²) in [5.41, 5.74) is 0. The molecule has 0 radical (unpaired) electrons. The van der Waals surface area contributed by atoms with Crippen molar-refractivity contribution in [3.8, 4) is 5.75 Å². The van der Waals surface area contributed by atoms with Gasteiger partial charge in [0.15, 0.2) is 10.6 Å². The molecule has 8 heteroatoms. The van der Waals surface area contributed by atoms with Crippen molar-refractivity contribution in [2.45, 2.75) is 13.3 Å². The quantitative estimate of drug-likeness (QED) is 0.783. The largest absolute Gasteiger partial charge is 0.492 e. The van der Waals surface area contributed by atoms with Crippen molar-refractivity contribution in [2.24, 2.45) is 7.05 Å². The van der Waals surface area contributed by atoms with Crippen LogP contribution in [0.3, 0.4) is 0 Å². The van der Waals surface area contributed by atoms with Crippen molar-refractivity contribution in [3.05, 3.63) is 40.7 Å². The van der Waals surface area contributed by atoms with Gasteiger partial charge >= 0.3 is 0 Å². The lowest BCUT2D eigenvalue weighted by Gasteiger charge is -2.16. The van der Waals surface area contributed by atoms with Gasteiger partial charge in [-0.3, -0.25) is 4.90 Å². The highest BCUT2D eigenvalue weighted by Crippen LogP contribution is 2.10. The first-order valence-electron chi connectivity index (χ1n) is 6.81. The van der Waals surface area contributed by atoms with E-state index in [1.807, 2.05) is 11.9 Å². The summed E-state index contributed by atoms with van der Waals surface area (Å²) in [6.45, 7) is 1.48. The summed E-state index contributed by atoms with van der Waals surface area (Å²) in [4.78, 5) is 1.99. The average molecular weight is 326 g/mol. The Balaban J connectivity index is 1.84. The van der Waals surface area contributed by atoms with Gasteiger partial charge in [-0.05, 0) is 43.5 Å². The lowest BCUT2D eigenvalue weighted by Crippen LogP contribution is -2.27. The molecule has 0 bridgehead atoms. The third-order valence-electron chi connectivity index (χ3n) is 3.20. The smallest absolute Gasteiger partial charge is 0.198 e. The molecule has 1 N–H and O–H groups in total. The van der Waals surface area contributed by atoms with Crippen molar-refractivity contribution >= 4 is 12.2 Å². The molecule has 0 aliphatic rings. The number of aliphatic hydroxyl groups excluding tert-OH is 1. The summed E-state index contributed by atoms with van der Waals surface area (Å²) >= 11 is 5.26. The van der Waals surface area contributed by atoms with Crippen LogP contribution in [0.25, 0.3) is 0 Å². The van der Waals surface area contributed by atoms with Crippen molar-refractivity contribution in [1.29, 1.82) is 0 Å². The molecule has 120 valence electrons. The fourth-order valence-electron chi connectivity index (χ4n) is 1.91. The van der Waals surface area contributed by atoms with Crippen molar-refractivity contribution < 1.29 is 14.2 Å². The monoisotopic (exact) mass is 326 g/mol. The van der Waals surface area contributed by atoms with E-state index in [0.29, 0.717) is 36.2 Å². The highest BCUT2D eigenvalue weighted by atomic mass is 32.1. The Morgan fingerprint density at radius 2 is 2.05 bits per heavy atom. The summed E-state index contributed by atoms with van der Waals surface area (Å²) < 4.78 is 22.2. The zero-order valence-electron chi connectivity index (χ0n) is 12.6. The lowest BCUT2D eigenvalue weighted by atomic mass is 10.3. The van der Waals surface area contributed by atoms with Crippen LogP contribution < -0.4 is 4.74 Å². The van der Waals surface area contributed by atoms with E-state index in [4.69, 9.17) is 17.0 Å². The van der Waals surface area contributed by atoms with Gasteiger partial charge in [-0.2, -0.15) is 5.10 Å². The summed E-state index contributed by atoms with van der Waals surface area (Å²) in [7, 11) is 3.69. The minimum atomic E-state index is -0.284. The van der Waals surface area contributed by atoms with Crippen LogP contribution in [-0.2, 0) is 20.3 Å². The van der Waals surface area contributed by atoms with Crippen LogP contribution in [-0.4, -0.2) is 44.6 Å². The average Bonchev–Trinajstić information content (AvgIpc) is 2.77. The Kier molecular flexibility index (Phi) is 5.64. The van der Waals surface area contributed by atoms with Crippen LogP contribution in [0.5, 0.6) is 5.75 Å². The molecule has 0 aliphatic heterocycles. The maximum Gasteiger partial charge on any atom is 0.198 e. The van der Waals surface area contributed by atoms with E-state index in [0.717, 1.165) is 0 Å². The van der Waals surface area contributed by atoms with Gasteiger partial charge in [-0.25, -0.2) is 9.07 Å². The van der Waals surface area contributed by atoms with E-state index < -0.39 is 0 Å². The van der Waals surface area contributed by atoms with Crippen molar-refractivity contribution in [3.63, 3.8) is 0 Å². The fraction of sp³-hybridized carbons (Fsp3) is 0.429. The summed E-state index contributed by atoms with van der Waals surface area (Å²) in [6, 6.07) is 5.92.